The summed E-state index contributed by atoms with van der Waals surface area (Å²) < 4.78 is 54.5. The Balaban J connectivity index is 1.84. The van der Waals surface area contributed by atoms with E-state index in [0.717, 1.165) is 27.0 Å². The fourth-order valence-corrected chi connectivity index (χ4v) is 4.76. The molecule has 1 amide bonds. The topological polar surface area (TPSA) is 66.5 Å². The molecule has 1 aliphatic heterocycles. The zero-order chi connectivity index (χ0) is 18.9. The molecule has 1 N–H and O–H groups in total. The van der Waals surface area contributed by atoms with Crippen LogP contribution in [-0.4, -0.2) is 31.2 Å². The van der Waals surface area contributed by atoms with E-state index in [9.17, 15) is 22.0 Å². The second kappa shape index (κ2) is 7.42. The normalized spacial score (nSPS) is 18.0. The highest BCUT2D eigenvalue weighted by Gasteiger charge is 2.39. The number of sulfonamides is 1. The predicted octanol–water partition coefficient (Wildman–Crippen LogP) is 3.52. The van der Waals surface area contributed by atoms with Crippen LogP contribution >= 0.6 is 15.9 Å². The first-order chi connectivity index (χ1) is 12.3. The summed E-state index contributed by atoms with van der Waals surface area (Å²) in [5, 5.41) is 2.29. The Morgan fingerprint density at radius 3 is 2.54 bits per heavy atom. The van der Waals surface area contributed by atoms with Gasteiger partial charge < -0.3 is 5.32 Å². The molecule has 2 aromatic rings. The van der Waals surface area contributed by atoms with Crippen molar-refractivity contribution in [3.8, 4) is 0 Å². The van der Waals surface area contributed by atoms with Crippen LogP contribution in [0.3, 0.4) is 0 Å². The van der Waals surface area contributed by atoms with Crippen molar-refractivity contribution in [3.63, 3.8) is 0 Å². The number of carbonyl (C=O) groups is 1. The number of amides is 1. The molecule has 1 heterocycles. The van der Waals surface area contributed by atoms with Gasteiger partial charge in [0.25, 0.3) is 0 Å². The Hall–Kier alpha value is -1.84. The molecule has 0 bridgehead atoms. The third kappa shape index (κ3) is 3.79. The highest BCUT2D eigenvalue weighted by atomic mass is 79.9. The van der Waals surface area contributed by atoms with Gasteiger partial charge in [0.1, 0.15) is 17.7 Å². The van der Waals surface area contributed by atoms with Gasteiger partial charge in [-0.3, -0.25) is 4.79 Å². The average Bonchev–Trinajstić information content (AvgIpc) is 3.09. The Labute approximate surface area is 158 Å². The van der Waals surface area contributed by atoms with Crippen molar-refractivity contribution < 1.29 is 22.0 Å². The molecule has 9 heteroatoms. The molecule has 1 aliphatic rings. The molecular formula is C17H15BrF2N2O3S. The van der Waals surface area contributed by atoms with E-state index in [1.165, 1.54) is 12.1 Å². The summed E-state index contributed by atoms with van der Waals surface area (Å²) in [6, 6.07) is 7.79. The van der Waals surface area contributed by atoms with E-state index >= 15 is 0 Å². The lowest BCUT2D eigenvalue weighted by atomic mass is 10.2. The van der Waals surface area contributed by atoms with Crippen molar-refractivity contribution in [3.05, 3.63) is 58.6 Å². The van der Waals surface area contributed by atoms with Crippen LogP contribution in [0.2, 0.25) is 0 Å². The van der Waals surface area contributed by atoms with Gasteiger partial charge in [-0.15, -0.1) is 0 Å². The Morgan fingerprint density at radius 1 is 1.15 bits per heavy atom. The predicted molar refractivity (Wildman–Crippen MR) is 96.0 cm³/mol. The first-order valence-electron chi connectivity index (χ1n) is 7.82. The summed E-state index contributed by atoms with van der Waals surface area (Å²) >= 11 is 3.24. The van der Waals surface area contributed by atoms with E-state index in [1.54, 1.807) is 12.1 Å². The molecule has 2 aromatic carbocycles. The molecule has 0 unspecified atom stereocenters. The zero-order valence-electron chi connectivity index (χ0n) is 13.5. The van der Waals surface area contributed by atoms with Gasteiger partial charge in [-0.05, 0) is 49.2 Å². The molecule has 138 valence electrons. The number of halogens is 3. The Kier molecular flexibility index (Phi) is 5.40. The first-order valence-corrected chi connectivity index (χ1v) is 10.1. The van der Waals surface area contributed by atoms with Crippen LogP contribution in [0, 0.1) is 11.6 Å². The minimum Gasteiger partial charge on any atom is -0.322 e. The van der Waals surface area contributed by atoms with Gasteiger partial charge in [0.05, 0.1) is 10.6 Å². The number of rotatable bonds is 4. The van der Waals surface area contributed by atoms with Gasteiger partial charge in [-0.25, -0.2) is 17.2 Å². The smallest absolute Gasteiger partial charge is 0.243 e. The SMILES string of the molecule is O=C(Nc1cc(F)ccc1F)[C@H]1CCCN1S(=O)(=O)c1ccc(Br)cc1. The van der Waals surface area contributed by atoms with Crippen LogP contribution in [0.5, 0.6) is 0 Å². The van der Waals surface area contributed by atoms with Crippen molar-refractivity contribution in [2.24, 2.45) is 0 Å². The van der Waals surface area contributed by atoms with E-state index in [4.69, 9.17) is 0 Å². The zero-order valence-corrected chi connectivity index (χ0v) is 15.9. The number of hydrogen-bond donors (Lipinski definition) is 1. The minimum atomic E-state index is -3.88. The third-order valence-corrected chi connectivity index (χ3v) is 6.56. The van der Waals surface area contributed by atoms with E-state index in [-0.39, 0.29) is 17.1 Å². The molecule has 0 aromatic heterocycles. The summed E-state index contributed by atoms with van der Waals surface area (Å²) in [6.07, 6.45) is 0.804. The van der Waals surface area contributed by atoms with Crippen molar-refractivity contribution >= 4 is 37.5 Å². The molecule has 0 saturated carbocycles. The van der Waals surface area contributed by atoms with Gasteiger partial charge in [0.15, 0.2) is 0 Å². The Morgan fingerprint density at radius 2 is 1.85 bits per heavy atom. The molecule has 1 saturated heterocycles. The van der Waals surface area contributed by atoms with Crippen molar-refractivity contribution in [2.45, 2.75) is 23.8 Å². The summed E-state index contributed by atoms with van der Waals surface area (Å²) in [6.45, 7) is 0.183. The van der Waals surface area contributed by atoms with E-state index in [1.807, 2.05) is 0 Å². The maximum Gasteiger partial charge on any atom is 0.243 e. The molecule has 0 spiro atoms. The van der Waals surface area contributed by atoms with Crippen molar-refractivity contribution in [1.82, 2.24) is 4.31 Å². The van der Waals surface area contributed by atoms with Gasteiger partial charge in [0, 0.05) is 17.1 Å². The standard InChI is InChI=1S/C17H15BrF2N2O3S/c18-11-3-6-13(7-4-11)26(24,25)22-9-1-2-16(22)17(23)21-15-10-12(19)5-8-14(15)20/h3-8,10,16H,1-2,9H2,(H,21,23)/t16-/m1/s1. The lowest BCUT2D eigenvalue weighted by molar-refractivity contribution is -0.119. The first kappa shape index (κ1) is 18.9. The summed E-state index contributed by atoms with van der Waals surface area (Å²) in [7, 11) is -3.88. The van der Waals surface area contributed by atoms with Gasteiger partial charge in [-0.1, -0.05) is 15.9 Å². The van der Waals surface area contributed by atoms with Gasteiger partial charge in [-0.2, -0.15) is 4.31 Å². The highest BCUT2D eigenvalue weighted by molar-refractivity contribution is 9.10. The number of anilines is 1. The monoisotopic (exact) mass is 444 g/mol. The van der Waals surface area contributed by atoms with Crippen molar-refractivity contribution in [2.75, 3.05) is 11.9 Å². The maximum atomic E-state index is 13.7. The Bertz CT molecular complexity index is 936. The second-order valence-corrected chi connectivity index (χ2v) is 8.65. The fraction of sp³-hybridized carbons (Fsp3) is 0.235. The van der Waals surface area contributed by atoms with Crippen LogP contribution in [0.25, 0.3) is 0 Å². The van der Waals surface area contributed by atoms with Crippen LogP contribution in [0.4, 0.5) is 14.5 Å². The third-order valence-electron chi connectivity index (χ3n) is 4.11. The lowest BCUT2D eigenvalue weighted by Crippen LogP contribution is -2.43. The molecule has 1 fully saturated rings. The van der Waals surface area contributed by atoms with E-state index in [2.05, 4.69) is 21.2 Å². The molecule has 3 rings (SSSR count). The van der Waals surface area contributed by atoms with E-state index < -0.39 is 33.6 Å². The molecule has 0 aliphatic carbocycles. The largest absolute Gasteiger partial charge is 0.322 e. The van der Waals surface area contributed by atoms with Gasteiger partial charge in [0.2, 0.25) is 15.9 Å². The van der Waals surface area contributed by atoms with Crippen LogP contribution in [0.1, 0.15) is 12.8 Å². The van der Waals surface area contributed by atoms with Gasteiger partial charge >= 0.3 is 0 Å². The number of carbonyl (C=O) groups excluding carboxylic acids is 1. The number of hydrogen-bond acceptors (Lipinski definition) is 3. The number of benzene rings is 2. The highest BCUT2D eigenvalue weighted by Crippen LogP contribution is 2.28. The quantitative estimate of drug-likeness (QED) is 0.784. The van der Waals surface area contributed by atoms with Crippen molar-refractivity contribution in [1.29, 1.82) is 0 Å². The van der Waals surface area contributed by atoms with Crippen LogP contribution in [-0.2, 0) is 14.8 Å². The summed E-state index contributed by atoms with van der Waals surface area (Å²) in [4.78, 5) is 12.6. The molecule has 1 atom stereocenters. The average molecular weight is 445 g/mol. The molecule has 5 nitrogen and oxygen atoms in total. The van der Waals surface area contributed by atoms with Crippen LogP contribution < -0.4 is 5.32 Å². The molecule has 26 heavy (non-hydrogen) atoms. The lowest BCUT2D eigenvalue weighted by Gasteiger charge is -2.23. The fourth-order valence-electron chi connectivity index (χ4n) is 2.84. The van der Waals surface area contributed by atoms with E-state index in [0.29, 0.717) is 12.8 Å². The molecular weight excluding hydrogens is 430 g/mol. The number of nitrogens with one attached hydrogen (secondary N) is 1. The summed E-state index contributed by atoms with van der Waals surface area (Å²) in [5.41, 5.74) is -0.317. The number of nitrogens with zero attached hydrogens (tertiary/aromatic N) is 1. The molecule has 0 radical (unpaired) electrons. The van der Waals surface area contributed by atoms with Crippen LogP contribution in [0.15, 0.2) is 51.8 Å². The maximum absolute atomic E-state index is 13.7. The second-order valence-electron chi connectivity index (χ2n) is 5.84. The minimum absolute atomic E-state index is 0.0670. The summed E-state index contributed by atoms with van der Waals surface area (Å²) in [5.74, 6) is -2.18.